The maximum absolute atomic E-state index is 11.6. The van der Waals surface area contributed by atoms with Crippen LogP contribution in [0.3, 0.4) is 0 Å². The molecule has 0 unspecified atom stereocenters. The molecule has 0 aliphatic heterocycles. The first-order chi connectivity index (χ1) is 9.93. The number of carbonyl (C=O) groups excluding carboxylic acids is 3. The van der Waals surface area contributed by atoms with Crippen molar-refractivity contribution in [1.29, 1.82) is 0 Å². The first-order valence-electron chi connectivity index (χ1n) is 6.03. The molecule has 0 aliphatic rings. The van der Waals surface area contributed by atoms with Crippen LogP contribution in [0.2, 0.25) is 0 Å². The lowest BCUT2D eigenvalue weighted by Gasteiger charge is -2.13. The minimum absolute atomic E-state index is 0.199. The van der Waals surface area contributed by atoms with Gasteiger partial charge in [0.1, 0.15) is 18.7 Å². The number of esters is 3. The summed E-state index contributed by atoms with van der Waals surface area (Å²) in [4.78, 5) is 40.2. The first-order valence-corrected chi connectivity index (χ1v) is 6.03. The lowest BCUT2D eigenvalue weighted by Crippen LogP contribution is -2.42. The third-order valence-electron chi connectivity index (χ3n) is 2.39. The number of nitrogens with two attached hydrogens (primary N) is 3. The van der Waals surface area contributed by atoms with Crippen LogP contribution in [0.25, 0.3) is 0 Å². The number of nitrogens with one attached hydrogen (secondary N) is 1. The molecule has 1 aromatic rings. The maximum atomic E-state index is 11.6. The lowest BCUT2D eigenvalue weighted by atomic mass is 10.2. The van der Waals surface area contributed by atoms with Crippen molar-refractivity contribution in [3.8, 4) is 0 Å². The van der Waals surface area contributed by atoms with E-state index in [1.54, 1.807) is 0 Å². The zero-order chi connectivity index (χ0) is 15.8. The highest BCUT2D eigenvalue weighted by molar-refractivity contribution is 5.89. The van der Waals surface area contributed by atoms with Gasteiger partial charge in [-0.1, -0.05) is 0 Å². The standard InChI is InChI=1S/C11H17N5O5/c12-2-9(17)21-11(19)8(14)4-20-10(18)7(13)1-6-3-15-5-16-6/h3,5,7-8H,1-2,4,12-14H2,(H,15,16)/t7-,8-/m0/s1. The number of aromatic nitrogens is 2. The van der Waals surface area contributed by atoms with E-state index in [1.807, 2.05) is 0 Å². The molecule has 0 aromatic carbocycles. The molecular weight excluding hydrogens is 282 g/mol. The summed E-state index contributed by atoms with van der Waals surface area (Å²) in [6.07, 6.45) is 3.17. The fourth-order valence-electron chi connectivity index (χ4n) is 1.29. The second-order valence-electron chi connectivity index (χ2n) is 4.12. The molecule has 0 amide bonds. The molecule has 2 atom stereocenters. The van der Waals surface area contributed by atoms with Crippen LogP contribution in [-0.4, -0.2) is 53.1 Å². The highest BCUT2D eigenvalue weighted by Crippen LogP contribution is 1.99. The van der Waals surface area contributed by atoms with Gasteiger partial charge in [0, 0.05) is 18.3 Å². The van der Waals surface area contributed by atoms with Crippen molar-refractivity contribution >= 4 is 17.9 Å². The van der Waals surface area contributed by atoms with E-state index in [9.17, 15) is 14.4 Å². The van der Waals surface area contributed by atoms with E-state index >= 15 is 0 Å². The van der Waals surface area contributed by atoms with Crippen LogP contribution in [0, 0.1) is 0 Å². The second-order valence-corrected chi connectivity index (χ2v) is 4.12. The molecule has 0 aliphatic carbocycles. The van der Waals surface area contributed by atoms with Crippen molar-refractivity contribution in [3.05, 3.63) is 18.2 Å². The topological polar surface area (TPSA) is 176 Å². The number of carbonyl (C=O) groups is 3. The van der Waals surface area contributed by atoms with Crippen LogP contribution in [-0.2, 0) is 30.3 Å². The van der Waals surface area contributed by atoms with Gasteiger partial charge in [0.25, 0.3) is 0 Å². The van der Waals surface area contributed by atoms with E-state index in [0.717, 1.165) is 0 Å². The Balaban J connectivity index is 2.34. The Morgan fingerprint density at radius 3 is 2.52 bits per heavy atom. The van der Waals surface area contributed by atoms with E-state index in [4.69, 9.17) is 21.9 Å². The zero-order valence-corrected chi connectivity index (χ0v) is 11.2. The number of hydrogen-bond acceptors (Lipinski definition) is 9. The number of aromatic amines is 1. The van der Waals surface area contributed by atoms with E-state index in [-0.39, 0.29) is 6.42 Å². The van der Waals surface area contributed by atoms with Gasteiger partial charge in [-0.3, -0.25) is 9.59 Å². The third kappa shape index (κ3) is 5.69. The van der Waals surface area contributed by atoms with Gasteiger partial charge in [-0.05, 0) is 0 Å². The summed E-state index contributed by atoms with van der Waals surface area (Å²) in [5.74, 6) is -2.68. The van der Waals surface area contributed by atoms with E-state index in [0.29, 0.717) is 5.69 Å². The molecule has 7 N–H and O–H groups in total. The number of imidazole rings is 1. The summed E-state index contributed by atoms with van der Waals surface area (Å²) in [7, 11) is 0. The van der Waals surface area contributed by atoms with E-state index < -0.39 is 43.1 Å². The highest BCUT2D eigenvalue weighted by atomic mass is 16.6. The Hall–Kier alpha value is -2.30. The Bertz CT molecular complexity index is 489. The van der Waals surface area contributed by atoms with Gasteiger partial charge in [0.05, 0.1) is 12.9 Å². The molecule has 1 rings (SSSR count). The summed E-state index contributed by atoms with van der Waals surface area (Å²) in [6, 6.07) is -2.22. The number of ether oxygens (including phenoxy) is 2. The molecule has 10 nitrogen and oxygen atoms in total. The smallest absolute Gasteiger partial charge is 0.334 e. The van der Waals surface area contributed by atoms with E-state index in [1.165, 1.54) is 12.5 Å². The van der Waals surface area contributed by atoms with Gasteiger partial charge in [0.15, 0.2) is 0 Å². The van der Waals surface area contributed by atoms with Crippen LogP contribution < -0.4 is 17.2 Å². The maximum Gasteiger partial charge on any atom is 0.334 e. The lowest BCUT2D eigenvalue weighted by molar-refractivity contribution is -0.161. The van der Waals surface area contributed by atoms with Gasteiger partial charge in [-0.2, -0.15) is 0 Å². The Morgan fingerprint density at radius 1 is 1.24 bits per heavy atom. The summed E-state index contributed by atoms with van der Waals surface area (Å²) >= 11 is 0. The average molecular weight is 299 g/mol. The van der Waals surface area contributed by atoms with Gasteiger partial charge in [-0.15, -0.1) is 0 Å². The highest BCUT2D eigenvalue weighted by Gasteiger charge is 2.22. The van der Waals surface area contributed by atoms with Crippen LogP contribution in [0.1, 0.15) is 5.69 Å². The molecule has 21 heavy (non-hydrogen) atoms. The molecule has 0 saturated carbocycles. The number of nitrogens with zero attached hydrogens (tertiary/aromatic N) is 1. The third-order valence-corrected chi connectivity index (χ3v) is 2.39. The van der Waals surface area contributed by atoms with Crippen LogP contribution in [0.15, 0.2) is 12.5 Å². The Kier molecular flexibility index (Phi) is 6.46. The summed E-state index contributed by atoms with van der Waals surface area (Å²) < 4.78 is 9.06. The second kappa shape index (κ2) is 8.09. The number of H-pyrrole nitrogens is 1. The van der Waals surface area contributed by atoms with Gasteiger partial charge in [0.2, 0.25) is 0 Å². The van der Waals surface area contributed by atoms with Crippen molar-refractivity contribution < 1.29 is 23.9 Å². The quantitative estimate of drug-likeness (QED) is 0.305. The molecule has 0 spiro atoms. The fraction of sp³-hybridized carbons (Fsp3) is 0.455. The largest absolute Gasteiger partial charge is 0.462 e. The van der Waals surface area contributed by atoms with Crippen molar-refractivity contribution in [3.63, 3.8) is 0 Å². The van der Waals surface area contributed by atoms with Crippen molar-refractivity contribution in [2.24, 2.45) is 17.2 Å². The number of hydrogen-bond donors (Lipinski definition) is 4. The van der Waals surface area contributed by atoms with Gasteiger partial charge >= 0.3 is 17.9 Å². The molecule has 0 fully saturated rings. The van der Waals surface area contributed by atoms with Gasteiger partial charge < -0.3 is 31.7 Å². The molecule has 1 aromatic heterocycles. The van der Waals surface area contributed by atoms with Crippen LogP contribution >= 0.6 is 0 Å². The zero-order valence-electron chi connectivity index (χ0n) is 11.2. The Labute approximate surface area is 120 Å². The first kappa shape index (κ1) is 16.8. The SMILES string of the molecule is NCC(=O)OC(=O)[C@@H](N)COC(=O)[C@@H](N)Cc1cnc[nH]1. The van der Waals surface area contributed by atoms with Gasteiger partial charge in [-0.25, -0.2) is 9.78 Å². The molecule has 0 radical (unpaired) electrons. The summed E-state index contributed by atoms with van der Waals surface area (Å²) in [5.41, 5.74) is 16.7. The molecule has 1 heterocycles. The molecule has 10 heteroatoms. The predicted octanol–water partition coefficient (Wildman–Crippen LogP) is -2.82. The normalized spacial score (nSPS) is 13.3. The molecule has 0 bridgehead atoms. The fourth-order valence-corrected chi connectivity index (χ4v) is 1.29. The molecular formula is C11H17N5O5. The number of rotatable bonds is 7. The minimum Gasteiger partial charge on any atom is -0.462 e. The summed E-state index contributed by atoms with van der Waals surface area (Å²) in [6.45, 7) is -0.903. The van der Waals surface area contributed by atoms with Crippen molar-refractivity contribution in [1.82, 2.24) is 9.97 Å². The van der Waals surface area contributed by atoms with Crippen LogP contribution in [0.5, 0.6) is 0 Å². The monoisotopic (exact) mass is 299 g/mol. The van der Waals surface area contributed by atoms with Crippen molar-refractivity contribution in [2.75, 3.05) is 13.2 Å². The average Bonchev–Trinajstić information content (AvgIpc) is 2.96. The Morgan fingerprint density at radius 2 is 1.95 bits per heavy atom. The molecule has 116 valence electrons. The summed E-state index contributed by atoms with van der Waals surface area (Å²) in [5, 5.41) is 0. The minimum atomic E-state index is -1.29. The van der Waals surface area contributed by atoms with E-state index in [2.05, 4.69) is 14.7 Å². The molecule has 0 saturated heterocycles. The van der Waals surface area contributed by atoms with Crippen LogP contribution in [0.4, 0.5) is 0 Å². The van der Waals surface area contributed by atoms with Crippen molar-refractivity contribution in [2.45, 2.75) is 18.5 Å². The predicted molar refractivity (Wildman–Crippen MR) is 69.4 cm³/mol.